The highest BCUT2D eigenvalue weighted by atomic mass is 16.1. The van der Waals surface area contributed by atoms with Crippen LogP contribution in [0.3, 0.4) is 0 Å². The molecule has 3 nitrogen and oxygen atoms in total. The first-order valence-corrected chi connectivity index (χ1v) is 7.24. The number of carbonyl (C=O) groups excluding carboxylic acids is 1. The number of nitrogens with one attached hydrogen (secondary N) is 1. The fraction of sp³-hybridized carbons (Fsp3) is 0.562. The van der Waals surface area contributed by atoms with Gasteiger partial charge in [0.2, 0.25) is 5.91 Å². The van der Waals surface area contributed by atoms with Crippen LogP contribution < -0.4 is 11.1 Å². The monoisotopic (exact) mass is 262 g/mol. The lowest BCUT2D eigenvalue weighted by molar-refractivity contribution is -0.121. The van der Waals surface area contributed by atoms with Crippen molar-refractivity contribution in [2.24, 2.45) is 5.73 Å². The summed E-state index contributed by atoms with van der Waals surface area (Å²) < 4.78 is 0. The minimum Gasteiger partial charge on any atom is -0.356 e. The molecule has 106 valence electrons. The molecule has 3 N–H and O–H groups in total. The van der Waals surface area contributed by atoms with Crippen LogP contribution in [0.15, 0.2) is 24.3 Å². The summed E-state index contributed by atoms with van der Waals surface area (Å²) in [6.07, 6.45) is 5.67. The molecular formula is C16H26N2O. The maximum Gasteiger partial charge on any atom is 0.219 e. The first-order valence-electron chi connectivity index (χ1n) is 7.24. The van der Waals surface area contributed by atoms with Crippen molar-refractivity contribution in [1.29, 1.82) is 0 Å². The van der Waals surface area contributed by atoms with E-state index >= 15 is 0 Å². The van der Waals surface area contributed by atoms with Crippen LogP contribution in [0.1, 0.15) is 43.2 Å². The molecule has 0 spiro atoms. The van der Waals surface area contributed by atoms with Crippen LogP contribution in [-0.4, -0.2) is 19.0 Å². The lowest BCUT2D eigenvalue weighted by atomic mass is 10.1. The van der Waals surface area contributed by atoms with Gasteiger partial charge >= 0.3 is 0 Å². The number of amides is 1. The second kappa shape index (κ2) is 9.56. The number of rotatable bonds is 9. The molecule has 3 heteroatoms. The third-order valence-electron chi connectivity index (χ3n) is 3.19. The van der Waals surface area contributed by atoms with Gasteiger partial charge in [-0.1, -0.05) is 29.8 Å². The van der Waals surface area contributed by atoms with Gasteiger partial charge in [0.15, 0.2) is 0 Å². The number of hydrogen-bond acceptors (Lipinski definition) is 2. The Bertz CT molecular complexity index is 360. The van der Waals surface area contributed by atoms with Gasteiger partial charge in [-0.15, -0.1) is 0 Å². The number of nitrogens with two attached hydrogens (primary N) is 1. The van der Waals surface area contributed by atoms with Crippen molar-refractivity contribution in [2.75, 3.05) is 13.1 Å². The average Bonchev–Trinajstić information content (AvgIpc) is 2.42. The van der Waals surface area contributed by atoms with E-state index in [1.165, 1.54) is 11.1 Å². The van der Waals surface area contributed by atoms with Crippen LogP contribution in [0.25, 0.3) is 0 Å². The quantitative estimate of drug-likeness (QED) is 0.672. The van der Waals surface area contributed by atoms with Crippen LogP contribution in [0.4, 0.5) is 0 Å². The minimum absolute atomic E-state index is 0.168. The maximum atomic E-state index is 11.5. The Kier molecular flexibility index (Phi) is 7.91. The van der Waals surface area contributed by atoms with Crippen molar-refractivity contribution >= 4 is 5.91 Å². The zero-order valence-electron chi connectivity index (χ0n) is 12.0. The molecule has 1 amide bonds. The molecule has 0 unspecified atom stereocenters. The summed E-state index contributed by atoms with van der Waals surface area (Å²) in [6, 6.07) is 8.61. The molecule has 1 rings (SSSR count). The summed E-state index contributed by atoms with van der Waals surface area (Å²) in [4.78, 5) is 11.5. The molecule has 0 aliphatic carbocycles. The first kappa shape index (κ1) is 15.7. The molecule has 19 heavy (non-hydrogen) atoms. The summed E-state index contributed by atoms with van der Waals surface area (Å²) in [6.45, 7) is 3.55. The zero-order valence-corrected chi connectivity index (χ0v) is 12.0. The SMILES string of the molecule is Cc1ccc(CCCCC(=O)NCCCCN)cc1. The normalized spacial score (nSPS) is 10.4. The van der Waals surface area contributed by atoms with Gasteiger partial charge in [-0.05, 0) is 51.1 Å². The maximum absolute atomic E-state index is 11.5. The van der Waals surface area contributed by atoms with E-state index in [2.05, 4.69) is 36.5 Å². The molecule has 0 heterocycles. The molecule has 1 aromatic carbocycles. The van der Waals surface area contributed by atoms with Crippen LogP contribution in [-0.2, 0) is 11.2 Å². The van der Waals surface area contributed by atoms with Crippen molar-refractivity contribution in [2.45, 2.75) is 45.4 Å². The van der Waals surface area contributed by atoms with Gasteiger partial charge in [0.25, 0.3) is 0 Å². The van der Waals surface area contributed by atoms with Gasteiger partial charge in [0.1, 0.15) is 0 Å². The van der Waals surface area contributed by atoms with Crippen LogP contribution in [0.5, 0.6) is 0 Å². The zero-order chi connectivity index (χ0) is 13.9. The Morgan fingerprint density at radius 1 is 1.11 bits per heavy atom. The van der Waals surface area contributed by atoms with Crippen molar-refractivity contribution in [1.82, 2.24) is 5.32 Å². The lowest BCUT2D eigenvalue weighted by Crippen LogP contribution is -2.24. The average molecular weight is 262 g/mol. The van der Waals surface area contributed by atoms with E-state index in [1.807, 2.05) is 0 Å². The van der Waals surface area contributed by atoms with Gasteiger partial charge < -0.3 is 11.1 Å². The largest absolute Gasteiger partial charge is 0.356 e. The first-order chi connectivity index (χ1) is 9.22. The predicted molar refractivity (Wildman–Crippen MR) is 80.0 cm³/mol. The van der Waals surface area contributed by atoms with Gasteiger partial charge in [-0.2, -0.15) is 0 Å². The van der Waals surface area contributed by atoms with Gasteiger partial charge in [-0.3, -0.25) is 4.79 Å². The van der Waals surface area contributed by atoms with E-state index < -0.39 is 0 Å². The van der Waals surface area contributed by atoms with E-state index in [9.17, 15) is 4.79 Å². The summed E-state index contributed by atoms with van der Waals surface area (Å²) in [5, 5.41) is 2.93. The molecule has 0 atom stereocenters. The molecule has 0 fully saturated rings. The highest BCUT2D eigenvalue weighted by molar-refractivity contribution is 5.75. The number of hydrogen-bond donors (Lipinski definition) is 2. The van der Waals surface area contributed by atoms with Crippen LogP contribution >= 0.6 is 0 Å². The van der Waals surface area contributed by atoms with E-state index in [1.54, 1.807) is 0 Å². The molecule has 1 aromatic rings. The van der Waals surface area contributed by atoms with Gasteiger partial charge in [-0.25, -0.2) is 0 Å². The number of benzene rings is 1. The topological polar surface area (TPSA) is 55.1 Å². The Morgan fingerprint density at radius 3 is 2.53 bits per heavy atom. The Hall–Kier alpha value is -1.35. The number of aryl methyl sites for hydroxylation is 2. The van der Waals surface area contributed by atoms with Crippen LogP contribution in [0, 0.1) is 6.92 Å². The molecule has 0 radical (unpaired) electrons. The van der Waals surface area contributed by atoms with E-state index in [0.29, 0.717) is 13.0 Å². The third kappa shape index (κ3) is 7.62. The number of unbranched alkanes of at least 4 members (excludes halogenated alkanes) is 2. The van der Waals surface area contributed by atoms with Gasteiger partial charge in [0.05, 0.1) is 0 Å². The second-order valence-electron chi connectivity index (χ2n) is 5.04. The van der Waals surface area contributed by atoms with Crippen molar-refractivity contribution in [3.8, 4) is 0 Å². The molecule has 0 saturated carbocycles. The van der Waals surface area contributed by atoms with Crippen molar-refractivity contribution in [3.05, 3.63) is 35.4 Å². The minimum atomic E-state index is 0.168. The molecular weight excluding hydrogens is 236 g/mol. The fourth-order valence-electron chi connectivity index (χ4n) is 1.95. The summed E-state index contributed by atoms with van der Waals surface area (Å²) in [5.74, 6) is 0.168. The van der Waals surface area contributed by atoms with Crippen LogP contribution in [0.2, 0.25) is 0 Å². The van der Waals surface area contributed by atoms with Gasteiger partial charge in [0, 0.05) is 13.0 Å². The van der Waals surface area contributed by atoms with E-state index in [-0.39, 0.29) is 5.91 Å². The molecule has 0 aliphatic rings. The highest BCUT2D eigenvalue weighted by Crippen LogP contribution is 2.08. The van der Waals surface area contributed by atoms with Crippen molar-refractivity contribution < 1.29 is 4.79 Å². The number of carbonyl (C=O) groups is 1. The summed E-state index contributed by atoms with van der Waals surface area (Å²) in [7, 11) is 0. The fourth-order valence-corrected chi connectivity index (χ4v) is 1.95. The van der Waals surface area contributed by atoms with E-state index in [4.69, 9.17) is 5.73 Å². The van der Waals surface area contributed by atoms with E-state index in [0.717, 1.165) is 38.6 Å². The summed E-state index contributed by atoms with van der Waals surface area (Å²) >= 11 is 0. The Labute approximate surface area is 116 Å². The highest BCUT2D eigenvalue weighted by Gasteiger charge is 2.00. The third-order valence-corrected chi connectivity index (χ3v) is 3.19. The standard InChI is InChI=1S/C16H26N2O/c1-14-8-10-15(11-9-14)6-2-3-7-16(19)18-13-5-4-12-17/h8-11H,2-7,12-13,17H2,1H3,(H,18,19). The molecule has 0 saturated heterocycles. The Balaban J connectivity index is 2.03. The Morgan fingerprint density at radius 2 is 1.84 bits per heavy atom. The molecule has 0 aliphatic heterocycles. The predicted octanol–water partition coefficient (Wildman–Crippen LogP) is 2.56. The smallest absolute Gasteiger partial charge is 0.219 e. The second-order valence-corrected chi connectivity index (χ2v) is 5.04. The molecule has 0 bridgehead atoms. The lowest BCUT2D eigenvalue weighted by Gasteiger charge is -2.05. The molecule has 0 aromatic heterocycles. The van der Waals surface area contributed by atoms with Crippen molar-refractivity contribution in [3.63, 3.8) is 0 Å². The summed E-state index contributed by atoms with van der Waals surface area (Å²) in [5.41, 5.74) is 8.04.